The molecular weight excluding hydrogens is 328 g/mol. The molecule has 0 spiro atoms. The number of amides is 2. The van der Waals surface area contributed by atoms with Gasteiger partial charge in [0.2, 0.25) is 5.91 Å². The molecule has 5 heteroatoms. The molecule has 0 aliphatic carbocycles. The van der Waals surface area contributed by atoms with Crippen LogP contribution >= 0.6 is 0 Å². The number of carbonyl (C=O) groups is 2. The minimum Gasteiger partial charge on any atom is -0.484 e. The Kier molecular flexibility index (Phi) is 7.68. The Morgan fingerprint density at radius 1 is 0.885 bits per heavy atom. The van der Waals surface area contributed by atoms with Crippen LogP contribution in [0.1, 0.15) is 23.1 Å². The lowest BCUT2D eigenvalue weighted by atomic mass is 10.1. The van der Waals surface area contributed by atoms with E-state index in [-0.39, 0.29) is 18.4 Å². The molecule has 0 fully saturated rings. The van der Waals surface area contributed by atoms with Crippen molar-refractivity contribution in [3.63, 3.8) is 0 Å². The normalized spacial score (nSPS) is 10.2. The van der Waals surface area contributed by atoms with E-state index in [2.05, 4.69) is 10.6 Å². The molecule has 0 aliphatic rings. The highest BCUT2D eigenvalue weighted by Gasteiger charge is 2.05. The smallest absolute Gasteiger partial charge is 0.258 e. The van der Waals surface area contributed by atoms with Crippen LogP contribution in [0.3, 0.4) is 0 Å². The summed E-state index contributed by atoms with van der Waals surface area (Å²) in [5.74, 6) is 0.453. The molecule has 2 aromatic rings. The molecule has 0 radical (unpaired) electrons. The van der Waals surface area contributed by atoms with Gasteiger partial charge in [0.25, 0.3) is 5.91 Å². The summed E-state index contributed by atoms with van der Waals surface area (Å²) in [5, 5.41) is 5.53. The van der Waals surface area contributed by atoms with E-state index in [0.717, 1.165) is 11.1 Å². The fraction of sp³-hybridized carbons (Fsp3) is 0.333. The van der Waals surface area contributed by atoms with Crippen LogP contribution in [0.2, 0.25) is 0 Å². The molecule has 2 amide bonds. The Hall–Kier alpha value is -2.82. The van der Waals surface area contributed by atoms with E-state index in [1.807, 2.05) is 62.4 Å². The highest BCUT2D eigenvalue weighted by atomic mass is 16.5. The van der Waals surface area contributed by atoms with Gasteiger partial charge in [0, 0.05) is 19.5 Å². The quantitative estimate of drug-likeness (QED) is 0.680. The first-order valence-electron chi connectivity index (χ1n) is 8.82. The fourth-order valence-corrected chi connectivity index (χ4v) is 2.40. The van der Waals surface area contributed by atoms with Crippen molar-refractivity contribution in [1.82, 2.24) is 10.6 Å². The van der Waals surface area contributed by atoms with Crippen LogP contribution in [-0.2, 0) is 16.0 Å². The number of benzene rings is 2. The summed E-state index contributed by atoms with van der Waals surface area (Å²) in [5.41, 5.74) is 3.45. The van der Waals surface area contributed by atoms with Crippen LogP contribution in [-0.4, -0.2) is 31.5 Å². The lowest BCUT2D eigenvalue weighted by Crippen LogP contribution is -2.36. The highest BCUT2D eigenvalue weighted by molar-refractivity contribution is 5.78. The summed E-state index contributed by atoms with van der Waals surface area (Å²) in [6.45, 7) is 4.78. The predicted molar refractivity (Wildman–Crippen MR) is 102 cm³/mol. The second kappa shape index (κ2) is 10.2. The first-order valence-corrected chi connectivity index (χ1v) is 8.82. The molecule has 0 saturated heterocycles. The zero-order valence-corrected chi connectivity index (χ0v) is 15.4. The maximum atomic E-state index is 11.8. The number of nitrogens with one attached hydrogen (secondary N) is 2. The van der Waals surface area contributed by atoms with Crippen molar-refractivity contribution in [1.29, 1.82) is 0 Å². The number of aryl methyl sites for hydroxylation is 3. The van der Waals surface area contributed by atoms with Gasteiger partial charge in [-0.3, -0.25) is 9.59 Å². The topological polar surface area (TPSA) is 67.4 Å². The van der Waals surface area contributed by atoms with E-state index >= 15 is 0 Å². The summed E-state index contributed by atoms with van der Waals surface area (Å²) in [4.78, 5) is 23.6. The van der Waals surface area contributed by atoms with Gasteiger partial charge in [-0.05, 0) is 49.1 Å². The molecule has 0 aliphatic heterocycles. The number of ether oxygens (including phenoxy) is 1. The summed E-state index contributed by atoms with van der Waals surface area (Å²) in [7, 11) is 0. The van der Waals surface area contributed by atoms with Gasteiger partial charge >= 0.3 is 0 Å². The second-order valence-electron chi connectivity index (χ2n) is 6.22. The number of hydrogen-bond acceptors (Lipinski definition) is 3. The van der Waals surface area contributed by atoms with Gasteiger partial charge in [0.1, 0.15) is 5.75 Å². The molecular formula is C21H26N2O3. The van der Waals surface area contributed by atoms with Gasteiger partial charge < -0.3 is 15.4 Å². The number of carbonyl (C=O) groups excluding carboxylic acids is 2. The van der Waals surface area contributed by atoms with Gasteiger partial charge in [-0.2, -0.15) is 0 Å². The third kappa shape index (κ3) is 6.97. The van der Waals surface area contributed by atoms with Crippen LogP contribution in [0, 0.1) is 13.8 Å². The molecule has 0 saturated carbocycles. The SMILES string of the molecule is Cc1ccc(OCC(=O)NCCNC(=O)CCc2ccccc2)cc1C. The van der Waals surface area contributed by atoms with Crippen molar-refractivity contribution in [2.24, 2.45) is 0 Å². The third-order valence-electron chi connectivity index (χ3n) is 4.10. The Morgan fingerprint density at radius 3 is 2.27 bits per heavy atom. The maximum Gasteiger partial charge on any atom is 0.258 e. The Labute approximate surface area is 154 Å². The number of hydrogen-bond donors (Lipinski definition) is 2. The zero-order chi connectivity index (χ0) is 18.8. The molecule has 5 nitrogen and oxygen atoms in total. The minimum atomic E-state index is -0.207. The Morgan fingerprint density at radius 2 is 1.58 bits per heavy atom. The van der Waals surface area contributed by atoms with E-state index in [1.54, 1.807) is 0 Å². The third-order valence-corrected chi connectivity index (χ3v) is 4.10. The molecule has 2 N–H and O–H groups in total. The Balaban J connectivity index is 1.56. The van der Waals surface area contributed by atoms with Gasteiger partial charge in [0.05, 0.1) is 0 Å². The molecule has 0 unspecified atom stereocenters. The van der Waals surface area contributed by atoms with Crippen molar-refractivity contribution in [2.75, 3.05) is 19.7 Å². The summed E-state index contributed by atoms with van der Waals surface area (Å²) < 4.78 is 5.47. The maximum absolute atomic E-state index is 11.8. The lowest BCUT2D eigenvalue weighted by molar-refractivity contribution is -0.124. The van der Waals surface area contributed by atoms with Crippen LogP contribution in [0.5, 0.6) is 5.75 Å². The van der Waals surface area contributed by atoms with Crippen LogP contribution < -0.4 is 15.4 Å². The molecule has 0 aromatic heterocycles. The van der Waals surface area contributed by atoms with Crippen LogP contribution in [0.4, 0.5) is 0 Å². The first kappa shape index (κ1) is 19.5. The zero-order valence-electron chi connectivity index (χ0n) is 15.4. The van der Waals surface area contributed by atoms with Crippen molar-refractivity contribution in [2.45, 2.75) is 26.7 Å². The largest absolute Gasteiger partial charge is 0.484 e. The molecule has 0 bridgehead atoms. The van der Waals surface area contributed by atoms with Crippen molar-refractivity contribution < 1.29 is 14.3 Å². The van der Waals surface area contributed by atoms with E-state index in [9.17, 15) is 9.59 Å². The van der Waals surface area contributed by atoms with E-state index < -0.39 is 0 Å². The van der Waals surface area contributed by atoms with E-state index in [4.69, 9.17) is 4.74 Å². The first-order chi connectivity index (χ1) is 12.5. The lowest BCUT2D eigenvalue weighted by Gasteiger charge is -2.09. The minimum absolute atomic E-state index is 0.0190. The second-order valence-corrected chi connectivity index (χ2v) is 6.22. The van der Waals surface area contributed by atoms with Crippen molar-refractivity contribution in [3.8, 4) is 5.75 Å². The molecule has 0 heterocycles. The molecule has 2 aromatic carbocycles. The van der Waals surface area contributed by atoms with Crippen molar-refractivity contribution >= 4 is 11.8 Å². The predicted octanol–water partition coefficient (Wildman–Crippen LogP) is 2.55. The molecule has 2 rings (SSSR count). The van der Waals surface area contributed by atoms with Gasteiger partial charge in [-0.15, -0.1) is 0 Å². The van der Waals surface area contributed by atoms with E-state index in [1.165, 1.54) is 5.56 Å². The fourth-order valence-electron chi connectivity index (χ4n) is 2.40. The van der Waals surface area contributed by atoms with Crippen LogP contribution in [0.25, 0.3) is 0 Å². The monoisotopic (exact) mass is 354 g/mol. The van der Waals surface area contributed by atoms with Gasteiger partial charge in [-0.1, -0.05) is 36.4 Å². The average Bonchev–Trinajstić information content (AvgIpc) is 2.65. The Bertz CT molecular complexity index is 729. The van der Waals surface area contributed by atoms with Gasteiger partial charge in [0.15, 0.2) is 6.61 Å². The summed E-state index contributed by atoms with van der Waals surface area (Å²) in [6.07, 6.45) is 1.15. The standard InChI is InChI=1S/C21H26N2O3/c1-16-8-10-19(14-17(16)2)26-15-21(25)23-13-12-22-20(24)11-9-18-6-4-3-5-7-18/h3-8,10,14H,9,11-13,15H2,1-2H3,(H,22,24)(H,23,25). The number of rotatable bonds is 9. The molecule has 138 valence electrons. The summed E-state index contributed by atoms with van der Waals surface area (Å²) >= 11 is 0. The van der Waals surface area contributed by atoms with E-state index in [0.29, 0.717) is 31.7 Å². The average molecular weight is 354 g/mol. The molecule has 0 atom stereocenters. The summed E-state index contributed by atoms with van der Waals surface area (Å²) in [6, 6.07) is 15.6. The highest BCUT2D eigenvalue weighted by Crippen LogP contribution is 2.16. The van der Waals surface area contributed by atoms with Crippen molar-refractivity contribution in [3.05, 3.63) is 65.2 Å². The van der Waals surface area contributed by atoms with Gasteiger partial charge in [-0.25, -0.2) is 0 Å². The van der Waals surface area contributed by atoms with Crippen LogP contribution in [0.15, 0.2) is 48.5 Å². The molecule has 26 heavy (non-hydrogen) atoms.